The molecule has 0 unspecified atom stereocenters. The van der Waals surface area contributed by atoms with Crippen molar-refractivity contribution in [1.29, 1.82) is 0 Å². The monoisotopic (exact) mass is 214 g/mol. The van der Waals surface area contributed by atoms with Crippen LogP contribution in [0.4, 0.5) is 0 Å². The van der Waals surface area contributed by atoms with Crippen LogP contribution in [0.25, 0.3) is 0 Å². The molecule has 0 aromatic carbocycles. The number of allylic oxidation sites excluding steroid dienone is 1. The summed E-state index contributed by atoms with van der Waals surface area (Å²) < 4.78 is 0. The summed E-state index contributed by atoms with van der Waals surface area (Å²) in [6.07, 6.45) is 2.27. The molecule has 0 aliphatic heterocycles. The molecule has 0 spiro atoms. The van der Waals surface area contributed by atoms with E-state index in [2.05, 4.69) is 9.78 Å². The molecule has 84 valence electrons. The molecular weight excluding hydrogens is 200 g/mol. The average molecular weight is 214 g/mol. The fourth-order valence-electron chi connectivity index (χ4n) is 0.898. The molecule has 0 N–H and O–H groups in total. The maximum Gasteiger partial charge on any atom is 0.382 e. The molecule has 0 rings (SSSR count). The van der Waals surface area contributed by atoms with Gasteiger partial charge < -0.3 is 0 Å². The molecule has 0 radical (unpaired) electrons. The largest absolute Gasteiger partial charge is 0.382 e. The van der Waals surface area contributed by atoms with Crippen molar-refractivity contribution < 1.29 is 24.2 Å². The van der Waals surface area contributed by atoms with Crippen molar-refractivity contribution in [2.24, 2.45) is 0 Å². The first kappa shape index (κ1) is 13.4. The van der Waals surface area contributed by atoms with E-state index in [0.29, 0.717) is 12.8 Å². The molecule has 0 heterocycles. The SMILES string of the molecule is CCCC(=CC(C)=O)C(=O)OOC(C)=O. The van der Waals surface area contributed by atoms with Gasteiger partial charge in [0.15, 0.2) is 5.78 Å². The third kappa shape index (κ3) is 6.42. The third-order valence-corrected chi connectivity index (χ3v) is 1.39. The minimum absolute atomic E-state index is 0.200. The van der Waals surface area contributed by atoms with E-state index in [4.69, 9.17) is 0 Å². The smallest absolute Gasteiger partial charge is 0.295 e. The first-order valence-electron chi connectivity index (χ1n) is 4.58. The van der Waals surface area contributed by atoms with Gasteiger partial charge in [-0.3, -0.25) is 4.79 Å². The highest BCUT2D eigenvalue weighted by atomic mass is 17.2. The summed E-state index contributed by atoms with van der Waals surface area (Å²) in [5.41, 5.74) is 0.200. The number of carbonyl (C=O) groups is 3. The predicted molar refractivity (Wildman–Crippen MR) is 51.5 cm³/mol. The van der Waals surface area contributed by atoms with Crippen molar-refractivity contribution in [3.8, 4) is 0 Å². The van der Waals surface area contributed by atoms with Crippen molar-refractivity contribution in [3.05, 3.63) is 11.6 Å². The van der Waals surface area contributed by atoms with Crippen molar-refractivity contribution in [2.75, 3.05) is 0 Å². The van der Waals surface area contributed by atoms with Gasteiger partial charge in [0.25, 0.3) is 0 Å². The van der Waals surface area contributed by atoms with Gasteiger partial charge in [-0.25, -0.2) is 19.4 Å². The van der Waals surface area contributed by atoms with Crippen molar-refractivity contribution >= 4 is 17.7 Å². The Kier molecular flexibility index (Phi) is 6.01. The maximum atomic E-state index is 11.3. The maximum absolute atomic E-state index is 11.3. The number of ketones is 1. The Bertz CT molecular complexity index is 290. The van der Waals surface area contributed by atoms with Gasteiger partial charge in [-0.15, -0.1) is 0 Å². The Morgan fingerprint density at radius 3 is 2.13 bits per heavy atom. The quantitative estimate of drug-likeness (QED) is 0.401. The van der Waals surface area contributed by atoms with E-state index in [1.807, 2.05) is 6.92 Å². The van der Waals surface area contributed by atoms with Gasteiger partial charge >= 0.3 is 11.9 Å². The topological polar surface area (TPSA) is 69.7 Å². The summed E-state index contributed by atoms with van der Waals surface area (Å²) in [5.74, 6) is -1.78. The van der Waals surface area contributed by atoms with Crippen LogP contribution in [-0.2, 0) is 24.2 Å². The highest BCUT2D eigenvalue weighted by Gasteiger charge is 2.13. The Morgan fingerprint density at radius 2 is 1.73 bits per heavy atom. The first-order chi connectivity index (χ1) is 6.97. The van der Waals surface area contributed by atoms with E-state index in [1.165, 1.54) is 13.0 Å². The number of rotatable bonds is 4. The van der Waals surface area contributed by atoms with Crippen LogP contribution in [0.1, 0.15) is 33.6 Å². The fraction of sp³-hybridized carbons (Fsp3) is 0.500. The van der Waals surface area contributed by atoms with Crippen LogP contribution in [0.2, 0.25) is 0 Å². The van der Waals surface area contributed by atoms with Crippen molar-refractivity contribution in [2.45, 2.75) is 33.6 Å². The summed E-state index contributed by atoms with van der Waals surface area (Å²) in [5, 5.41) is 0. The summed E-state index contributed by atoms with van der Waals surface area (Å²) in [6, 6.07) is 0. The van der Waals surface area contributed by atoms with Crippen LogP contribution in [0.3, 0.4) is 0 Å². The number of carbonyl (C=O) groups excluding carboxylic acids is 3. The molecule has 0 aliphatic rings. The second kappa shape index (κ2) is 6.75. The Morgan fingerprint density at radius 1 is 1.13 bits per heavy atom. The van der Waals surface area contributed by atoms with Crippen LogP contribution in [0.15, 0.2) is 11.6 Å². The molecular formula is C10H14O5. The van der Waals surface area contributed by atoms with Gasteiger partial charge in [-0.05, 0) is 19.4 Å². The Labute approximate surface area is 88.0 Å². The lowest BCUT2D eigenvalue weighted by molar-refractivity contribution is -0.254. The molecule has 15 heavy (non-hydrogen) atoms. The first-order valence-corrected chi connectivity index (χ1v) is 4.58. The van der Waals surface area contributed by atoms with E-state index in [0.717, 1.165) is 6.92 Å². The van der Waals surface area contributed by atoms with E-state index >= 15 is 0 Å². The predicted octanol–water partition coefficient (Wildman–Crippen LogP) is 1.32. The molecule has 0 bridgehead atoms. The molecule has 0 aromatic heterocycles. The van der Waals surface area contributed by atoms with Gasteiger partial charge in [0.2, 0.25) is 0 Å². The lowest BCUT2D eigenvalue weighted by Crippen LogP contribution is -2.12. The van der Waals surface area contributed by atoms with Gasteiger partial charge in [-0.2, -0.15) is 0 Å². The molecule has 5 heteroatoms. The molecule has 0 amide bonds. The second-order valence-electron chi connectivity index (χ2n) is 2.98. The average Bonchev–Trinajstić information content (AvgIpc) is 2.12. The van der Waals surface area contributed by atoms with Crippen molar-refractivity contribution in [3.63, 3.8) is 0 Å². The zero-order valence-corrected chi connectivity index (χ0v) is 9.03. The van der Waals surface area contributed by atoms with E-state index in [-0.39, 0.29) is 11.4 Å². The summed E-state index contributed by atoms with van der Waals surface area (Å²) in [6.45, 7) is 4.29. The molecule has 0 aromatic rings. The van der Waals surface area contributed by atoms with Crippen LogP contribution in [-0.4, -0.2) is 17.7 Å². The zero-order chi connectivity index (χ0) is 11.8. The van der Waals surface area contributed by atoms with E-state index in [1.54, 1.807) is 0 Å². The third-order valence-electron chi connectivity index (χ3n) is 1.39. The normalized spacial score (nSPS) is 10.7. The Balaban J connectivity index is 4.42. The molecule has 0 atom stereocenters. The Hall–Kier alpha value is -1.65. The van der Waals surface area contributed by atoms with Crippen LogP contribution in [0, 0.1) is 0 Å². The molecule has 0 saturated heterocycles. The molecule has 5 nitrogen and oxygen atoms in total. The lowest BCUT2D eigenvalue weighted by atomic mass is 10.1. The summed E-state index contributed by atoms with van der Waals surface area (Å²) in [4.78, 5) is 40.7. The fourth-order valence-corrected chi connectivity index (χ4v) is 0.898. The minimum Gasteiger partial charge on any atom is -0.295 e. The second-order valence-corrected chi connectivity index (χ2v) is 2.98. The standard InChI is InChI=1S/C10H14O5/c1-4-5-9(6-7(2)11)10(13)15-14-8(3)12/h6H,4-5H2,1-3H3. The van der Waals surface area contributed by atoms with Crippen LogP contribution in [0.5, 0.6) is 0 Å². The number of hydrogen-bond acceptors (Lipinski definition) is 5. The lowest BCUT2D eigenvalue weighted by Gasteiger charge is -2.03. The van der Waals surface area contributed by atoms with Crippen LogP contribution < -0.4 is 0 Å². The highest BCUT2D eigenvalue weighted by molar-refractivity contribution is 5.98. The summed E-state index contributed by atoms with van der Waals surface area (Å²) in [7, 11) is 0. The summed E-state index contributed by atoms with van der Waals surface area (Å²) >= 11 is 0. The molecule has 0 saturated carbocycles. The molecule has 0 aliphatic carbocycles. The van der Waals surface area contributed by atoms with Gasteiger partial charge in [0, 0.05) is 12.5 Å². The molecule has 0 fully saturated rings. The zero-order valence-electron chi connectivity index (χ0n) is 9.03. The van der Waals surface area contributed by atoms with Crippen LogP contribution >= 0.6 is 0 Å². The number of hydrogen-bond donors (Lipinski definition) is 0. The van der Waals surface area contributed by atoms with E-state index in [9.17, 15) is 14.4 Å². The van der Waals surface area contributed by atoms with Gasteiger partial charge in [-0.1, -0.05) is 13.3 Å². The van der Waals surface area contributed by atoms with Gasteiger partial charge in [0.05, 0.1) is 0 Å². The van der Waals surface area contributed by atoms with Crippen molar-refractivity contribution in [1.82, 2.24) is 0 Å². The van der Waals surface area contributed by atoms with Gasteiger partial charge in [0.1, 0.15) is 0 Å². The highest BCUT2D eigenvalue weighted by Crippen LogP contribution is 2.07. The van der Waals surface area contributed by atoms with E-state index < -0.39 is 11.9 Å². The minimum atomic E-state index is -0.803.